The number of esters is 1. The predicted molar refractivity (Wildman–Crippen MR) is 178 cm³/mol. The van der Waals surface area contributed by atoms with Crippen molar-refractivity contribution in [2.75, 3.05) is 13.7 Å². The minimum absolute atomic E-state index is 0.0205. The summed E-state index contributed by atoms with van der Waals surface area (Å²) in [5.74, 6) is 0.703. The molecule has 1 aromatic heterocycles. The van der Waals surface area contributed by atoms with Crippen molar-refractivity contribution < 1.29 is 23.9 Å². The van der Waals surface area contributed by atoms with Gasteiger partial charge in [0.05, 0.1) is 40.5 Å². The van der Waals surface area contributed by atoms with Crippen LogP contribution in [0.5, 0.6) is 11.5 Å². The van der Waals surface area contributed by atoms with Gasteiger partial charge in [-0.3, -0.25) is 19.5 Å². The first-order valence-electron chi connectivity index (χ1n) is 14.7. The van der Waals surface area contributed by atoms with Gasteiger partial charge in [0.25, 0.3) is 11.2 Å². The Hall–Kier alpha value is -5.81. The van der Waals surface area contributed by atoms with Crippen molar-refractivity contribution in [2.45, 2.75) is 19.6 Å². The molecule has 0 radical (unpaired) electrons. The molecule has 47 heavy (non-hydrogen) atoms. The van der Waals surface area contributed by atoms with Crippen molar-refractivity contribution in [3.63, 3.8) is 0 Å². The van der Waals surface area contributed by atoms with E-state index >= 15 is 0 Å². The van der Waals surface area contributed by atoms with Gasteiger partial charge in [-0.25, -0.2) is 9.79 Å². The van der Waals surface area contributed by atoms with E-state index in [9.17, 15) is 19.7 Å². The Kier molecular flexibility index (Phi) is 9.07. The number of nitro groups is 1. The zero-order valence-corrected chi connectivity index (χ0v) is 26.3. The van der Waals surface area contributed by atoms with E-state index < -0.39 is 16.9 Å². The number of methoxy groups -OCH3 is 1. The van der Waals surface area contributed by atoms with E-state index in [1.165, 1.54) is 23.5 Å². The maximum absolute atomic E-state index is 14.1. The van der Waals surface area contributed by atoms with Crippen LogP contribution in [0.15, 0.2) is 118 Å². The molecule has 1 unspecified atom stereocenters. The van der Waals surface area contributed by atoms with Gasteiger partial charge in [-0.15, -0.1) is 0 Å². The molecule has 0 bridgehead atoms. The van der Waals surface area contributed by atoms with Crippen LogP contribution in [-0.4, -0.2) is 29.2 Å². The maximum Gasteiger partial charge on any atom is 0.338 e. The number of aromatic nitrogens is 1. The topological polar surface area (TPSA) is 122 Å². The SMILES string of the molecule is CCOC(=O)C1=C(c2ccccc2)N=c2s/c(=C\c3ccc(OCc4ccc([N+](=O)[O-])cc4)cc3)c(=O)n2C1c1ccc(OC)cc1. The maximum atomic E-state index is 14.1. The van der Waals surface area contributed by atoms with Gasteiger partial charge in [-0.05, 0) is 66.1 Å². The predicted octanol–water partition coefficient (Wildman–Crippen LogP) is 5.43. The fourth-order valence-electron chi connectivity index (χ4n) is 5.23. The van der Waals surface area contributed by atoms with E-state index in [1.807, 2.05) is 54.6 Å². The lowest BCUT2D eigenvalue weighted by Crippen LogP contribution is -2.40. The molecule has 236 valence electrons. The van der Waals surface area contributed by atoms with Gasteiger partial charge in [0.2, 0.25) is 0 Å². The molecular weight excluding hydrogens is 618 g/mol. The number of hydrogen-bond acceptors (Lipinski definition) is 9. The summed E-state index contributed by atoms with van der Waals surface area (Å²) in [6.07, 6.45) is 1.78. The number of fused-ring (bicyclic) bond motifs is 1. The third kappa shape index (κ3) is 6.61. The van der Waals surface area contributed by atoms with Crippen molar-refractivity contribution in [3.8, 4) is 11.5 Å². The summed E-state index contributed by atoms with van der Waals surface area (Å²) in [6.45, 7) is 2.15. The number of rotatable bonds is 10. The highest BCUT2D eigenvalue weighted by atomic mass is 32.1. The fraction of sp³-hybridized carbons (Fsp3) is 0.139. The smallest absolute Gasteiger partial charge is 0.338 e. The second kappa shape index (κ2) is 13.7. The summed E-state index contributed by atoms with van der Waals surface area (Å²) in [5.41, 5.74) is 3.46. The van der Waals surface area contributed by atoms with Crippen LogP contribution in [0.25, 0.3) is 11.8 Å². The van der Waals surface area contributed by atoms with E-state index in [4.69, 9.17) is 19.2 Å². The molecule has 1 aliphatic rings. The second-order valence-electron chi connectivity index (χ2n) is 10.5. The van der Waals surface area contributed by atoms with Crippen LogP contribution in [0.1, 0.15) is 35.2 Å². The van der Waals surface area contributed by atoms with E-state index in [-0.39, 0.29) is 30.0 Å². The van der Waals surface area contributed by atoms with Crippen LogP contribution in [0.4, 0.5) is 5.69 Å². The minimum Gasteiger partial charge on any atom is -0.497 e. The second-order valence-corrected chi connectivity index (χ2v) is 11.5. The summed E-state index contributed by atoms with van der Waals surface area (Å²) in [4.78, 5) is 43.5. The average Bonchev–Trinajstić information content (AvgIpc) is 3.41. The van der Waals surface area contributed by atoms with Crippen LogP contribution in [0.2, 0.25) is 0 Å². The number of carbonyl (C=O) groups excluding carboxylic acids is 1. The van der Waals surface area contributed by atoms with Gasteiger partial charge < -0.3 is 14.2 Å². The number of hydrogen-bond donors (Lipinski definition) is 0. The van der Waals surface area contributed by atoms with E-state index in [2.05, 4.69) is 0 Å². The Morgan fingerprint density at radius 3 is 2.28 bits per heavy atom. The first-order valence-corrected chi connectivity index (χ1v) is 15.6. The number of nitrogens with zero attached hydrogens (tertiary/aromatic N) is 3. The molecule has 0 aliphatic carbocycles. The Bertz CT molecular complexity index is 2140. The molecule has 4 aromatic carbocycles. The fourth-order valence-corrected chi connectivity index (χ4v) is 6.24. The third-order valence-corrected chi connectivity index (χ3v) is 8.52. The van der Waals surface area contributed by atoms with Gasteiger partial charge in [-0.2, -0.15) is 0 Å². The van der Waals surface area contributed by atoms with Crippen molar-refractivity contribution in [1.82, 2.24) is 4.57 Å². The molecule has 0 amide bonds. The summed E-state index contributed by atoms with van der Waals surface area (Å²) in [5, 5.41) is 10.9. The normalized spacial score (nSPS) is 14.3. The standard InChI is InChI=1S/C36H29N3O7S/c1-3-45-35(41)31-32(25-7-5-4-6-8-25)37-36-38(33(31)26-13-19-28(44-2)20-14-26)34(40)30(47-36)21-23-11-17-29(18-12-23)46-22-24-9-15-27(16-10-24)39(42)43/h4-21,33H,3,22H2,1-2H3/b30-21-. The zero-order valence-electron chi connectivity index (χ0n) is 25.5. The molecule has 10 nitrogen and oxygen atoms in total. The van der Waals surface area contributed by atoms with Crippen LogP contribution in [-0.2, 0) is 16.1 Å². The molecule has 5 aromatic rings. The number of carbonyl (C=O) groups is 1. The highest BCUT2D eigenvalue weighted by Crippen LogP contribution is 2.35. The first kappa shape index (κ1) is 31.2. The first-order chi connectivity index (χ1) is 22.9. The summed E-state index contributed by atoms with van der Waals surface area (Å²) < 4.78 is 18.7. The molecule has 0 fully saturated rings. The minimum atomic E-state index is -0.788. The Balaban J connectivity index is 1.39. The van der Waals surface area contributed by atoms with Crippen molar-refractivity contribution in [3.05, 3.63) is 161 Å². The Morgan fingerprint density at radius 2 is 1.64 bits per heavy atom. The lowest BCUT2D eigenvalue weighted by Gasteiger charge is -2.26. The monoisotopic (exact) mass is 647 g/mol. The van der Waals surface area contributed by atoms with Crippen molar-refractivity contribution in [1.29, 1.82) is 0 Å². The molecule has 0 saturated heterocycles. The number of nitro benzene ring substituents is 1. The van der Waals surface area contributed by atoms with Crippen LogP contribution in [0, 0.1) is 10.1 Å². The van der Waals surface area contributed by atoms with Crippen LogP contribution < -0.4 is 24.4 Å². The molecule has 0 N–H and O–H groups in total. The lowest BCUT2D eigenvalue weighted by atomic mass is 9.93. The molecule has 6 rings (SSSR count). The number of benzene rings is 4. The molecular formula is C36H29N3O7S. The summed E-state index contributed by atoms with van der Waals surface area (Å²) in [6, 6.07) is 29.3. The average molecular weight is 648 g/mol. The molecule has 2 heterocycles. The zero-order chi connectivity index (χ0) is 32.9. The van der Waals surface area contributed by atoms with E-state index in [0.717, 1.165) is 16.7 Å². The summed E-state index contributed by atoms with van der Waals surface area (Å²) in [7, 11) is 1.58. The summed E-state index contributed by atoms with van der Waals surface area (Å²) >= 11 is 1.24. The molecule has 1 aliphatic heterocycles. The van der Waals surface area contributed by atoms with Gasteiger partial charge in [0.15, 0.2) is 4.80 Å². The molecule has 0 spiro atoms. The largest absolute Gasteiger partial charge is 0.497 e. The molecule has 0 saturated carbocycles. The number of thiazole rings is 1. The molecule has 11 heteroatoms. The number of non-ortho nitro benzene ring substituents is 1. The lowest BCUT2D eigenvalue weighted by molar-refractivity contribution is -0.384. The van der Waals surface area contributed by atoms with Crippen molar-refractivity contribution >= 4 is 34.8 Å². The highest BCUT2D eigenvalue weighted by molar-refractivity contribution is 7.07. The number of ether oxygens (including phenoxy) is 3. The highest BCUT2D eigenvalue weighted by Gasteiger charge is 2.35. The van der Waals surface area contributed by atoms with Gasteiger partial charge >= 0.3 is 5.97 Å². The van der Waals surface area contributed by atoms with Gasteiger partial charge in [0.1, 0.15) is 18.1 Å². The van der Waals surface area contributed by atoms with E-state index in [0.29, 0.717) is 32.1 Å². The Labute approximate surface area is 273 Å². The third-order valence-electron chi connectivity index (χ3n) is 7.54. The van der Waals surface area contributed by atoms with Crippen LogP contribution >= 0.6 is 11.3 Å². The van der Waals surface area contributed by atoms with Gasteiger partial charge in [0, 0.05) is 17.7 Å². The quantitative estimate of drug-likeness (QED) is 0.113. The Morgan fingerprint density at radius 1 is 0.957 bits per heavy atom. The van der Waals surface area contributed by atoms with Crippen LogP contribution in [0.3, 0.4) is 0 Å². The van der Waals surface area contributed by atoms with E-state index in [1.54, 1.807) is 61.1 Å². The van der Waals surface area contributed by atoms with Gasteiger partial charge in [-0.1, -0.05) is 65.9 Å². The van der Waals surface area contributed by atoms with Crippen molar-refractivity contribution in [2.24, 2.45) is 4.99 Å². The molecule has 1 atom stereocenters.